The highest BCUT2D eigenvalue weighted by atomic mass is 19.1. The SMILES string of the molecule is CCN(CCOc1ccccc1OC)C(=O)COc1cc(F)ccc1F. The monoisotopic (exact) mass is 365 g/mol. The first kappa shape index (κ1) is 19.5. The largest absolute Gasteiger partial charge is 0.493 e. The highest BCUT2D eigenvalue weighted by molar-refractivity contribution is 5.77. The maximum Gasteiger partial charge on any atom is 0.260 e. The summed E-state index contributed by atoms with van der Waals surface area (Å²) in [5, 5.41) is 0. The van der Waals surface area contributed by atoms with Crippen molar-refractivity contribution in [2.45, 2.75) is 6.92 Å². The normalized spacial score (nSPS) is 10.3. The van der Waals surface area contributed by atoms with Crippen LogP contribution in [-0.4, -0.2) is 44.2 Å². The number of carbonyl (C=O) groups excluding carboxylic acids is 1. The van der Waals surface area contributed by atoms with Crippen LogP contribution in [-0.2, 0) is 4.79 Å². The van der Waals surface area contributed by atoms with E-state index in [1.165, 1.54) is 4.90 Å². The van der Waals surface area contributed by atoms with Crippen LogP contribution in [0.3, 0.4) is 0 Å². The molecule has 0 saturated carbocycles. The summed E-state index contributed by atoms with van der Waals surface area (Å²) in [4.78, 5) is 13.7. The van der Waals surface area contributed by atoms with Gasteiger partial charge in [0.2, 0.25) is 0 Å². The smallest absolute Gasteiger partial charge is 0.260 e. The van der Waals surface area contributed by atoms with Crippen LogP contribution >= 0.6 is 0 Å². The second kappa shape index (κ2) is 9.60. The molecule has 0 aliphatic rings. The van der Waals surface area contributed by atoms with Crippen molar-refractivity contribution in [3.05, 3.63) is 54.1 Å². The Hall–Kier alpha value is -2.83. The number of ether oxygens (including phenoxy) is 3. The van der Waals surface area contributed by atoms with E-state index < -0.39 is 11.6 Å². The van der Waals surface area contributed by atoms with E-state index in [0.717, 1.165) is 18.2 Å². The molecule has 2 aromatic rings. The van der Waals surface area contributed by atoms with E-state index >= 15 is 0 Å². The lowest BCUT2D eigenvalue weighted by Crippen LogP contribution is -2.37. The van der Waals surface area contributed by atoms with E-state index in [9.17, 15) is 13.6 Å². The van der Waals surface area contributed by atoms with Gasteiger partial charge in [0, 0.05) is 12.6 Å². The van der Waals surface area contributed by atoms with Crippen LogP contribution in [0.2, 0.25) is 0 Å². The van der Waals surface area contributed by atoms with E-state index in [1.54, 1.807) is 19.2 Å². The molecule has 0 aliphatic heterocycles. The topological polar surface area (TPSA) is 48.0 Å². The third kappa shape index (κ3) is 5.34. The van der Waals surface area contributed by atoms with E-state index in [-0.39, 0.29) is 24.9 Å². The molecule has 26 heavy (non-hydrogen) atoms. The van der Waals surface area contributed by atoms with Crippen molar-refractivity contribution >= 4 is 5.91 Å². The summed E-state index contributed by atoms with van der Waals surface area (Å²) in [6.07, 6.45) is 0. The van der Waals surface area contributed by atoms with Gasteiger partial charge in [-0.15, -0.1) is 0 Å². The summed E-state index contributed by atoms with van der Waals surface area (Å²) in [7, 11) is 1.55. The predicted octanol–water partition coefficient (Wildman–Crippen LogP) is 3.28. The van der Waals surface area contributed by atoms with Gasteiger partial charge in [-0.3, -0.25) is 4.79 Å². The van der Waals surface area contributed by atoms with Crippen molar-refractivity contribution in [1.82, 2.24) is 4.90 Å². The zero-order valence-corrected chi connectivity index (χ0v) is 14.7. The molecule has 0 atom stereocenters. The van der Waals surface area contributed by atoms with Crippen molar-refractivity contribution in [1.29, 1.82) is 0 Å². The van der Waals surface area contributed by atoms with E-state index in [2.05, 4.69) is 0 Å². The van der Waals surface area contributed by atoms with Crippen molar-refractivity contribution in [2.24, 2.45) is 0 Å². The third-order valence-corrected chi connectivity index (χ3v) is 3.67. The summed E-state index contributed by atoms with van der Waals surface area (Å²) in [5.74, 6) is -0.809. The van der Waals surface area contributed by atoms with Gasteiger partial charge >= 0.3 is 0 Å². The lowest BCUT2D eigenvalue weighted by atomic mass is 10.3. The highest BCUT2D eigenvalue weighted by Gasteiger charge is 2.14. The number of hydrogen-bond donors (Lipinski definition) is 0. The molecule has 1 amide bonds. The van der Waals surface area contributed by atoms with Crippen molar-refractivity contribution in [3.63, 3.8) is 0 Å². The zero-order valence-electron chi connectivity index (χ0n) is 14.7. The summed E-state index contributed by atoms with van der Waals surface area (Å²) in [6.45, 7) is 2.44. The third-order valence-electron chi connectivity index (χ3n) is 3.67. The molecule has 0 fully saturated rings. The Bertz CT molecular complexity index is 739. The Morgan fingerprint density at radius 3 is 2.46 bits per heavy atom. The van der Waals surface area contributed by atoms with Gasteiger partial charge in [0.15, 0.2) is 29.7 Å². The van der Waals surface area contributed by atoms with Crippen molar-refractivity contribution < 1.29 is 27.8 Å². The maximum atomic E-state index is 13.5. The minimum absolute atomic E-state index is 0.258. The van der Waals surface area contributed by atoms with Gasteiger partial charge in [0.05, 0.1) is 13.7 Å². The van der Waals surface area contributed by atoms with Gasteiger partial charge in [0.25, 0.3) is 5.91 Å². The Kier molecular flexibility index (Phi) is 7.20. The van der Waals surface area contributed by atoms with Gasteiger partial charge < -0.3 is 19.1 Å². The fourth-order valence-corrected chi connectivity index (χ4v) is 2.28. The molecular weight excluding hydrogens is 344 g/mol. The molecule has 5 nitrogen and oxygen atoms in total. The van der Waals surface area contributed by atoms with E-state index in [1.807, 2.05) is 19.1 Å². The number of rotatable bonds is 9. The predicted molar refractivity (Wildman–Crippen MR) is 92.6 cm³/mol. The summed E-state index contributed by atoms with van der Waals surface area (Å²) < 4.78 is 42.6. The molecule has 140 valence electrons. The molecule has 0 aromatic heterocycles. The average molecular weight is 365 g/mol. The molecule has 0 spiro atoms. The quantitative estimate of drug-likeness (QED) is 0.684. The first-order valence-electron chi connectivity index (χ1n) is 8.16. The number of para-hydroxylation sites is 2. The second-order valence-electron chi connectivity index (χ2n) is 5.34. The molecule has 0 heterocycles. The van der Waals surface area contributed by atoms with Crippen LogP contribution in [0.15, 0.2) is 42.5 Å². The molecule has 0 aliphatic carbocycles. The van der Waals surface area contributed by atoms with E-state index in [0.29, 0.717) is 24.6 Å². The number of hydrogen-bond acceptors (Lipinski definition) is 4. The molecule has 2 aromatic carbocycles. The van der Waals surface area contributed by atoms with E-state index in [4.69, 9.17) is 14.2 Å². The number of nitrogens with zero attached hydrogens (tertiary/aromatic N) is 1. The molecule has 0 N–H and O–H groups in total. The lowest BCUT2D eigenvalue weighted by molar-refractivity contribution is -0.133. The molecular formula is C19H21F2NO4. The highest BCUT2D eigenvalue weighted by Crippen LogP contribution is 2.25. The fourth-order valence-electron chi connectivity index (χ4n) is 2.28. The lowest BCUT2D eigenvalue weighted by Gasteiger charge is -2.21. The minimum atomic E-state index is -0.721. The number of carbonyl (C=O) groups is 1. The van der Waals surface area contributed by atoms with Gasteiger partial charge in [-0.25, -0.2) is 8.78 Å². The Balaban J connectivity index is 1.85. The van der Waals surface area contributed by atoms with Gasteiger partial charge in [-0.1, -0.05) is 12.1 Å². The maximum absolute atomic E-state index is 13.5. The molecule has 7 heteroatoms. The minimum Gasteiger partial charge on any atom is -0.493 e. The summed E-state index contributed by atoms with van der Waals surface area (Å²) >= 11 is 0. The Morgan fingerprint density at radius 2 is 1.77 bits per heavy atom. The molecule has 0 bridgehead atoms. The van der Waals surface area contributed by atoms with Gasteiger partial charge in [-0.2, -0.15) is 0 Å². The number of halogens is 2. The average Bonchev–Trinajstić information content (AvgIpc) is 2.66. The summed E-state index contributed by atoms with van der Waals surface area (Å²) in [6, 6.07) is 10.0. The molecule has 0 unspecified atom stereocenters. The van der Waals surface area contributed by atoms with Crippen LogP contribution in [0.5, 0.6) is 17.2 Å². The van der Waals surface area contributed by atoms with Gasteiger partial charge in [-0.05, 0) is 31.2 Å². The van der Waals surface area contributed by atoms with Crippen LogP contribution in [0.4, 0.5) is 8.78 Å². The standard InChI is InChI=1S/C19H21F2NO4/c1-3-22(10-11-25-17-7-5-4-6-16(17)24-2)19(23)13-26-18-12-14(20)8-9-15(18)21/h4-9,12H,3,10-11,13H2,1-2H3. The second-order valence-corrected chi connectivity index (χ2v) is 5.34. The zero-order chi connectivity index (χ0) is 18.9. The van der Waals surface area contributed by atoms with Crippen LogP contribution in [0.25, 0.3) is 0 Å². The first-order chi connectivity index (χ1) is 12.5. The van der Waals surface area contributed by atoms with Crippen molar-refractivity contribution in [3.8, 4) is 17.2 Å². The van der Waals surface area contributed by atoms with Crippen molar-refractivity contribution in [2.75, 3.05) is 33.4 Å². The summed E-state index contributed by atoms with van der Waals surface area (Å²) in [5.41, 5.74) is 0. The van der Waals surface area contributed by atoms with Crippen LogP contribution in [0, 0.1) is 11.6 Å². The van der Waals surface area contributed by atoms with Crippen LogP contribution in [0.1, 0.15) is 6.92 Å². The van der Waals surface area contributed by atoms with Crippen LogP contribution < -0.4 is 14.2 Å². The number of benzene rings is 2. The molecule has 2 rings (SSSR count). The Morgan fingerprint density at radius 1 is 1.04 bits per heavy atom. The molecule has 0 saturated heterocycles. The number of amides is 1. The number of likely N-dealkylation sites (N-methyl/N-ethyl adjacent to an activating group) is 1. The Labute approximate surface area is 151 Å². The number of methoxy groups -OCH3 is 1. The molecule has 0 radical (unpaired) electrons. The first-order valence-corrected chi connectivity index (χ1v) is 8.16. The van der Waals surface area contributed by atoms with Gasteiger partial charge in [0.1, 0.15) is 12.4 Å². The fraction of sp³-hybridized carbons (Fsp3) is 0.316.